The number of ether oxygens (including phenoxy) is 1. The second-order valence-electron chi connectivity index (χ2n) is 4.39. The molecule has 1 aliphatic rings. The minimum Gasteiger partial charge on any atom is -0.382 e. The zero-order chi connectivity index (χ0) is 11.7. The minimum absolute atomic E-state index is 0.443. The lowest BCUT2D eigenvalue weighted by atomic mass is 10.1. The van der Waals surface area contributed by atoms with Gasteiger partial charge in [-0.2, -0.15) is 0 Å². The van der Waals surface area contributed by atoms with Crippen LogP contribution in [0.5, 0.6) is 0 Å². The standard InChI is InChI=1S/C11H15N5O/c12-10-9-11(14-6-13-10)16(7-15-9)3-1-8-2-4-17-5-8/h6-8H,1-5H2,(H2,12,13,14)/t8-/m1/s1. The van der Waals surface area contributed by atoms with E-state index in [0.29, 0.717) is 17.3 Å². The van der Waals surface area contributed by atoms with E-state index in [4.69, 9.17) is 10.5 Å². The lowest BCUT2D eigenvalue weighted by Crippen LogP contribution is -2.06. The van der Waals surface area contributed by atoms with Gasteiger partial charge in [0.15, 0.2) is 11.5 Å². The third kappa shape index (κ3) is 1.95. The van der Waals surface area contributed by atoms with E-state index in [0.717, 1.165) is 38.2 Å². The van der Waals surface area contributed by atoms with Crippen molar-refractivity contribution >= 4 is 17.0 Å². The highest BCUT2D eigenvalue weighted by atomic mass is 16.5. The number of aromatic nitrogens is 4. The summed E-state index contributed by atoms with van der Waals surface area (Å²) in [4.78, 5) is 12.4. The maximum atomic E-state index is 5.74. The summed E-state index contributed by atoms with van der Waals surface area (Å²) in [6, 6.07) is 0. The summed E-state index contributed by atoms with van der Waals surface area (Å²) in [5.74, 6) is 1.10. The predicted octanol–water partition coefficient (Wildman–Crippen LogP) is 0.835. The Balaban J connectivity index is 1.78. The number of fused-ring (bicyclic) bond motifs is 1. The molecule has 1 fully saturated rings. The molecule has 1 saturated heterocycles. The fraction of sp³-hybridized carbons (Fsp3) is 0.545. The number of imidazole rings is 1. The van der Waals surface area contributed by atoms with Crippen molar-refractivity contribution in [3.63, 3.8) is 0 Å². The van der Waals surface area contributed by atoms with Crippen LogP contribution in [0.25, 0.3) is 11.2 Å². The van der Waals surface area contributed by atoms with Gasteiger partial charge in [0.2, 0.25) is 0 Å². The van der Waals surface area contributed by atoms with Gasteiger partial charge in [-0.05, 0) is 18.8 Å². The summed E-state index contributed by atoms with van der Waals surface area (Å²) in [6.07, 6.45) is 5.51. The minimum atomic E-state index is 0.443. The van der Waals surface area contributed by atoms with E-state index in [1.54, 1.807) is 6.33 Å². The van der Waals surface area contributed by atoms with Gasteiger partial charge in [0.1, 0.15) is 11.8 Å². The molecule has 1 aliphatic heterocycles. The van der Waals surface area contributed by atoms with Gasteiger partial charge >= 0.3 is 0 Å². The van der Waals surface area contributed by atoms with Gasteiger partial charge in [0.25, 0.3) is 0 Å². The topological polar surface area (TPSA) is 78.9 Å². The van der Waals surface area contributed by atoms with Crippen LogP contribution in [0.2, 0.25) is 0 Å². The van der Waals surface area contributed by atoms with Gasteiger partial charge in [-0.15, -0.1) is 0 Å². The van der Waals surface area contributed by atoms with Crippen molar-refractivity contribution in [2.75, 3.05) is 18.9 Å². The van der Waals surface area contributed by atoms with Gasteiger partial charge < -0.3 is 15.0 Å². The largest absolute Gasteiger partial charge is 0.382 e. The van der Waals surface area contributed by atoms with Crippen molar-refractivity contribution in [3.8, 4) is 0 Å². The third-order valence-electron chi connectivity index (χ3n) is 3.23. The van der Waals surface area contributed by atoms with E-state index in [-0.39, 0.29) is 0 Å². The van der Waals surface area contributed by atoms with Crippen molar-refractivity contribution in [3.05, 3.63) is 12.7 Å². The fourth-order valence-corrected chi connectivity index (χ4v) is 2.20. The molecule has 17 heavy (non-hydrogen) atoms. The smallest absolute Gasteiger partial charge is 0.165 e. The van der Waals surface area contributed by atoms with Crippen LogP contribution in [-0.2, 0) is 11.3 Å². The highest BCUT2D eigenvalue weighted by Gasteiger charge is 2.16. The summed E-state index contributed by atoms with van der Waals surface area (Å²) in [5.41, 5.74) is 7.25. The van der Waals surface area contributed by atoms with E-state index < -0.39 is 0 Å². The molecule has 0 spiro atoms. The van der Waals surface area contributed by atoms with Gasteiger partial charge in [0.05, 0.1) is 6.33 Å². The van der Waals surface area contributed by atoms with Crippen LogP contribution in [0.15, 0.2) is 12.7 Å². The summed E-state index contributed by atoms with van der Waals surface area (Å²) in [5, 5.41) is 0. The molecule has 1 atom stereocenters. The van der Waals surface area contributed by atoms with E-state index in [1.165, 1.54) is 6.33 Å². The Hall–Kier alpha value is -1.69. The van der Waals surface area contributed by atoms with Crippen molar-refractivity contribution in [2.45, 2.75) is 19.4 Å². The quantitative estimate of drug-likeness (QED) is 0.849. The van der Waals surface area contributed by atoms with Crippen LogP contribution in [0.1, 0.15) is 12.8 Å². The molecule has 3 heterocycles. The number of nitrogens with two attached hydrogens (primary N) is 1. The SMILES string of the molecule is Nc1ncnc2c1ncn2CC[C@@H]1CCOC1. The van der Waals surface area contributed by atoms with Crippen molar-refractivity contribution in [1.82, 2.24) is 19.5 Å². The second-order valence-corrected chi connectivity index (χ2v) is 4.39. The van der Waals surface area contributed by atoms with E-state index in [2.05, 4.69) is 15.0 Å². The average Bonchev–Trinajstić information content (AvgIpc) is 2.95. The zero-order valence-electron chi connectivity index (χ0n) is 9.54. The fourth-order valence-electron chi connectivity index (χ4n) is 2.20. The molecule has 6 nitrogen and oxygen atoms in total. The average molecular weight is 233 g/mol. The highest BCUT2D eigenvalue weighted by molar-refractivity contribution is 5.80. The Morgan fingerprint density at radius 3 is 3.18 bits per heavy atom. The molecule has 2 aromatic rings. The predicted molar refractivity (Wildman–Crippen MR) is 63.3 cm³/mol. The normalized spacial score (nSPS) is 20.1. The number of rotatable bonds is 3. The Kier molecular flexibility index (Phi) is 2.64. The summed E-state index contributed by atoms with van der Waals surface area (Å²) in [7, 11) is 0. The van der Waals surface area contributed by atoms with E-state index in [1.807, 2.05) is 4.57 Å². The summed E-state index contributed by atoms with van der Waals surface area (Å²) >= 11 is 0. The number of aryl methyl sites for hydroxylation is 1. The second kappa shape index (κ2) is 4.29. The first kappa shape index (κ1) is 10.5. The first-order chi connectivity index (χ1) is 8.34. The van der Waals surface area contributed by atoms with Crippen LogP contribution < -0.4 is 5.73 Å². The number of anilines is 1. The maximum Gasteiger partial charge on any atom is 0.165 e. The molecule has 0 radical (unpaired) electrons. The molecule has 2 N–H and O–H groups in total. The lowest BCUT2D eigenvalue weighted by Gasteiger charge is -2.08. The first-order valence-corrected chi connectivity index (χ1v) is 5.83. The van der Waals surface area contributed by atoms with Crippen LogP contribution in [0, 0.1) is 5.92 Å². The molecule has 0 unspecified atom stereocenters. The van der Waals surface area contributed by atoms with Crippen LogP contribution >= 0.6 is 0 Å². The van der Waals surface area contributed by atoms with Crippen LogP contribution in [0.3, 0.4) is 0 Å². The lowest BCUT2D eigenvalue weighted by molar-refractivity contribution is 0.183. The summed E-state index contributed by atoms with van der Waals surface area (Å²) in [6.45, 7) is 2.68. The number of nitrogen functional groups attached to an aromatic ring is 1. The molecule has 2 aromatic heterocycles. The summed E-state index contributed by atoms with van der Waals surface area (Å²) < 4.78 is 7.40. The molecule has 90 valence electrons. The molecule has 0 aliphatic carbocycles. The maximum absolute atomic E-state index is 5.74. The number of nitrogens with zero attached hydrogens (tertiary/aromatic N) is 4. The molecule has 0 amide bonds. The third-order valence-corrected chi connectivity index (χ3v) is 3.23. The van der Waals surface area contributed by atoms with Crippen LogP contribution in [0.4, 0.5) is 5.82 Å². The van der Waals surface area contributed by atoms with E-state index in [9.17, 15) is 0 Å². The Labute approximate surface area is 98.8 Å². The van der Waals surface area contributed by atoms with E-state index >= 15 is 0 Å². The van der Waals surface area contributed by atoms with Crippen molar-refractivity contribution in [1.29, 1.82) is 0 Å². The molecule has 6 heteroatoms. The van der Waals surface area contributed by atoms with Gasteiger partial charge in [0, 0.05) is 19.8 Å². The molecule has 0 bridgehead atoms. The highest BCUT2D eigenvalue weighted by Crippen LogP contribution is 2.19. The van der Waals surface area contributed by atoms with Crippen molar-refractivity contribution in [2.24, 2.45) is 5.92 Å². The Morgan fingerprint density at radius 1 is 1.41 bits per heavy atom. The number of hydrogen-bond donors (Lipinski definition) is 1. The first-order valence-electron chi connectivity index (χ1n) is 5.83. The monoisotopic (exact) mass is 233 g/mol. The molecular formula is C11H15N5O. The molecule has 0 aromatic carbocycles. The molecule has 0 saturated carbocycles. The Morgan fingerprint density at radius 2 is 2.35 bits per heavy atom. The van der Waals surface area contributed by atoms with Crippen molar-refractivity contribution < 1.29 is 4.74 Å². The number of hydrogen-bond acceptors (Lipinski definition) is 5. The van der Waals surface area contributed by atoms with Gasteiger partial charge in [-0.25, -0.2) is 15.0 Å². The molecule has 3 rings (SSSR count). The zero-order valence-corrected chi connectivity index (χ0v) is 9.54. The van der Waals surface area contributed by atoms with Gasteiger partial charge in [-0.1, -0.05) is 0 Å². The van der Waals surface area contributed by atoms with Gasteiger partial charge in [-0.3, -0.25) is 0 Å². The molecular weight excluding hydrogens is 218 g/mol. The Bertz CT molecular complexity index is 518. The van der Waals surface area contributed by atoms with Crippen LogP contribution in [-0.4, -0.2) is 32.7 Å².